The van der Waals surface area contributed by atoms with Crippen LogP contribution in [0.3, 0.4) is 0 Å². The van der Waals surface area contributed by atoms with Crippen LogP contribution in [-0.4, -0.2) is 64.7 Å². The number of hydrogen-bond acceptors (Lipinski definition) is 7. The minimum atomic E-state index is -0.557. The second-order valence-corrected chi connectivity index (χ2v) is 7.34. The van der Waals surface area contributed by atoms with E-state index in [2.05, 4.69) is 10.3 Å². The highest BCUT2D eigenvalue weighted by Crippen LogP contribution is 2.27. The normalized spacial score (nSPS) is 13.3. The van der Waals surface area contributed by atoms with Crippen molar-refractivity contribution in [3.05, 3.63) is 60.1 Å². The summed E-state index contributed by atoms with van der Waals surface area (Å²) in [6.45, 7) is 1.49. The summed E-state index contributed by atoms with van der Waals surface area (Å²) in [6, 6.07) is 7.28. The molecule has 9 heteroatoms. The number of carbonyl (C=O) groups is 2. The zero-order valence-electron chi connectivity index (χ0n) is 17.5. The van der Waals surface area contributed by atoms with Crippen molar-refractivity contribution in [3.63, 3.8) is 0 Å². The first-order valence-electron chi connectivity index (χ1n) is 9.83. The first kappa shape index (κ1) is 21.8. The van der Waals surface area contributed by atoms with Gasteiger partial charge in [-0.05, 0) is 43.2 Å². The Balaban J connectivity index is 1.68. The van der Waals surface area contributed by atoms with Gasteiger partial charge in [0.1, 0.15) is 28.8 Å². The van der Waals surface area contributed by atoms with Crippen molar-refractivity contribution < 1.29 is 19.4 Å². The van der Waals surface area contributed by atoms with Crippen LogP contribution in [-0.2, 0) is 0 Å². The number of nitrogens with zero attached hydrogens (tertiary/aromatic N) is 3. The number of amides is 2. The van der Waals surface area contributed by atoms with Gasteiger partial charge in [0, 0.05) is 45.0 Å². The molecule has 2 aromatic rings. The highest BCUT2D eigenvalue weighted by molar-refractivity contribution is 6.09. The molecule has 1 saturated heterocycles. The maximum atomic E-state index is 12.4. The summed E-state index contributed by atoms with van der Waals surface area (Å²) in [5.41, 5.74) is 0.473. The molecule has 3 rings (SSSR count). The molecule has 0 saturated carbocycles. The Morgan fingerprint density at radius 2 is 1.94 bits per heavy atom. The Morgan fingerprint density at radius 3 is 2.58 bits per heavy atom. The predicted octanol–water partition coefficient (Wildman–Crippen LogP) is 2.60. The number of hydrogen-bond donors (Lipinski definition) is 3. The van der Waals surface area contributed by atoms with Crippen LogP contribution in [0.2, 0.25) is 0 Å². The Morgan fingerprint density at radius 1 is 1.19 bits per heavy atom. The number of aromatic hydroxyl groups is 1. The SMILES string of the molecule is CN(C)/C=C\C(=N)NC(=O)c1cc(O)cc(Oc2ccc(C(=O)N3CCCC3)nc2)c1. The average Bonchev–Trinajstić information content (AvgIpc) is 3.27. The van der Waals surface area contributed by atoms with Crippen molar-refractivity contribution in [2.24, 2.45) is 0 Å². The minimum Gasteiger partial charge on any atom is -0.508 e. The van der Waals surface area contributed by atoms with Crippen LogP contribution in [0, 0.1) is 5.41 Å². The van der Waals surface area contributed by atoms with Crippen LogP contribution in [0.4, 0.5) is 0 Å². The van der Waals surface area contributed by atoms with E-state index in [1.54, 1.807) is 42.2 Å². The van der Waals surface area contributed by atoms with Crippen LogP contribution >= 0.6 is 0 Å². The first-order valence-corrected chi connectivity index (χ1v) is 9.83. The maximum absolute atomic E-state index is 12.4. The molecule has 0 spiro atoms. The van der Waals surface area contributed by atoms with Crippen molar-refractivity contribution in [1.29, 1.82) is 5.41 Å². The van der Waals surface area contributed by atoms with E-state index in [9.17, 15) is 14.7 Å². The van der Waals surface area contributed by atoms with Gasteiger partial charge in [-0.2, -0.15) is 0 Å². The molecule has 0 atom stereocenters. The molecule has 3 N–H and O–H groups in total. The van der Waals surface area contributed by atoms with E-state index in [1.165, 1.54) is 30.5 Å². The van der Waals surface area contributed by atoms with Crippen molar-refractivity contribution in [2.75, 3.05) is 27.2 Å². The lowest BCUT2D eigenvalue weighted by Gasteiger charge is -2.14. The average molecular weight is 423 g/mol. The van der Waals surface area contributed by atoms with Crippen LogP contribution in [0.25, 0.3) is 0 Å². The molecule has 1 aliphatic rings. The number of pyridine rings is 1. The van der Waals surface area contributed by atoms with Gasteiger partial charge in [0.2, 0.25) is 0 Å². The lowest BCUT2D eigenvalue weighted by molar-refractivity contribution is 0.0786. The van der Waals surface area contributed by atoms with Gasteiger partial charge in [0.05, 0.1) is 6.20 Å². The summed E-state index contributed by atoms with van der Waals surface area (Å²) >= 11 is 0. The highest BCUT2D eigenvalue weighted by atomic mass is 16.5. The standard InChI is InChI=1S/C22H25N5O4/c1-26(2)10-7-20(23)25-21(29)15-11-16(28)13-18(12-15)31-17-5-6-19(24-14-17)22(30)27-8-3-4-9-27/h5-7,10-14,28H,3-4,8-9H2,1-2H3,(H2,23,25,29)/b10-7-. The fourth-order valence-electron chi connectivity index (χ4n) is 3.02. The highest BCUT2D eigenvalue weighted by Gasteiger charge is 2.20. The Hall–Kier alpha value is -3.88. The summed E-state index contributed by atoms with van der Waals surface area (Å²) in [5.74, 6) is -0.332. The molecule has 1 aromatic carbocycles. The quantitative estimate of drug-likeness (QED) is 0.485. The van der Waals surface area contributed by atoms with Gasteiger partial charge >= 0.3 is 0 Å². The summed E-state index contributed by atoms with van der Waals surface area (Å²) in [7, 11) is 3.60. The first-order chi connectivity index (χ1) is 14.8. The van der Waals surface area contributed by atoms with Crippen molar-refractivity contribution >= 4 is 17.6 Å². The third-order valence-electron chi connectivity index (χ3n) is 4.53. The molecule has 1 fully saturated rings. The number of phenols is 1. The van der Waals surface area contributed by atoms with Gasteiger partial charge in [-0.15, -0.1) is 0 Å². The van der Waals surface area contributed by atoms with Crippen LogP contribution < -0.4 is 10.1 Å². The molecular formula is C22H25N5O4. The third-order valence-corrected chi connectivity index (χ3v) is 4.53. The van der Waals surface area contributed by atoms with Gasteiger partial charge < -0.3 is 25.0 Å². The molecule has 0 radical (unpaired) electrons. The monoisotopic (exact) mass is 423 g/mol. The number of ether oxygens (including phenoxy) is 1. The van der Waals surface area contributed by atoms with Gasteiger partial charge in [-0.25, -0.2) is 4.98 Å². The molecule has 1 aliphatic heterocycles. The predicted molar refractivity (Wildman–Crippen MR) is 116 cm³/mol. The van der Waals surface area contributed by atoms with Gasteiger partial charge in [-0.3, -0.25) is 15.0 Å². The van der Waals surface area contributed by atoms with Crippen LogP contribution in [0.1, 0.15) is 33.7 Å². The van der Waals surface area contributed by atoms with E-state index in [0.717, 1.165) is 25.9 Å². The maximum Gasteiger partial charge on any atom is 0.272 e. The molecule has 9 nitrogen and oxygen atoms in total. The number of rotatable bonds is 6. The number of phenolic OH excluding ortho intramolecular Hbond substituents is 1. The molecular weight excluding hydrogens is 398 g/mol. The zero-order chi connectivity index (χ0) is 22.4. The van der Waals surface area contributed by atoms with E-state index < -0.39 is 5.91 Å². The molecule has 2 amide bonds. The number of carbonyl (C=O) groups excluding carboxylic acids is 2. The largest absolute Gasteiger partial charge is 0.508 e. The van der Waals surface area contributed by atoms with Crippen LogP contribution in [0.15, 0.2) is 48.8 Å². The van der Waals surface area contributed by atoms with Gasteiger partial charge in [-0.1, -0.05) is 0 Å². The summed E-state index contributed by atoms with van der Waals surface area (Å²) in [4.78, 5) is 32.4. The fourth-order valence-corrected chi connectivity index (χ4v) is 3.02. The number of nitrogens with one attached hydrogen (secondary N) is 2. The molecule has 1 aromatic heterocycles. The van der Waals surface area contributed by atoms with E-state index in [-0.39, 0.29) is 28.8 Å². The van der Waals surface area contributed by atoms with Crippen molar-refractivity contribution in [2.45, 2.75) is 12.8 Å². The molecule has 0 bridgehead atoms. The summed E-state index contributed by atoms with van der Waals surface area (Å²) < 4.78 is 5.69. The minimum absolute atomic E-state index is 0.0908. The lowest BCUT2D eigenvalue weighted by atomic mass is 10.2. The molecule has 31 heavy (non-hydrogen) atoms. The van der Waals surface area contributed by atoms with E-state index in [1.807, 2.05) is 0 Å². The lowest BCUT2D eigenvalue weighted by Crippen LogP contribution is -2.28. The van der Waals surface area contributed by atoms with Gasteiger partial charge in [0.15, 0.2) is 0 Å². The second-order valence-electron chi connectivity index (χ2n) is 7.34. The van der Waals surface area contributed by atoms with Crippen molar-refractivity contribution in [1.82, 2.24) is 20.1 Å². The van der Waals surface area contributed by atoms with Crippen molar-refractivity contribution in [3.8, 4) is 17.2 Å². The zero-order valence-corrected chi connectivity index (χ0v) is 17.5. The smallest absolute Gasteiger partial charge is 0.272 e. The number of aromatic nitrogens is 1. The Bertz CT molecular complexity index is 995. The molecule has 0 aliphatic carbocycles. The van der Waals surface area contributed by atoms with E-state index in [0.29, 0.717) is 11.4 Å². The summed E-state index contributed by atoms with van der Waals surface area (Å²) in [6.07, 6.45) is 6.51. The molecule has 162 valence electrons. The number of likely N-dealkylation sites (tertiary alicyclic amines) is 1. The third kappa shape index (κ3) is 6.05. The summed E-state index contributed by atoms with van der Waals surface area (Å²) in [5, 5.41) is 20.2. The number of amidine groups is 1. The van der Waals surface area contributed by atoms with Crippen LogP contribution in [0.5, 0.6) is 17.2 Å². The molecule has 2 heterocycles. The fraction of sp³-hybridized carbons (Fsp3) is 0.273. The number of benzene rings is 1. The topological polar surface area (TPSA) is 119 Å². The van der Waals surface area contributed by atoms with Gasteiger partial charge in [0.25, 0.3) is 11.8 Å². The Labute approximate surface area is 180 Å². The van der Waals surface area contributed by atoms with E-state index in [4.69, 9.17) is 10.1 Å². The second kappa shape index (κ2) is 9.75. The van der Waals surface area contributed by atoms with E-state index >= 15 is 0 Å². The molecule has 0 unspecified atom stereocenters. The Kier molecular flexibility index (Phi) is 6.86.